The first-order valence-electron chi connectivity index (χ1n) is 6.77. The van der Waals surface area contributed by atoms with E-state index in [4.69, 9.17) is 0 Å². The van der Waals surface area contributed by atoms with Crippen molar-refractivity contribution in [2.24, 2.45) is 5.41 Å². The van der Waals surface area contributed by atoms with Gasteiger partial charge < -0.3 is 15.0 Å². The van der Waals surface area contributed by atoms with Crippen molar-refractivity contribution in [3.63, 3.8) is 0 Å². The summed E-state index contributed by atoms with van der Waals surface area (Å²) in [6.07, 6.45) is -2.27. The molecule has 20 heavy (non-hydrogen) atoms. The van der Waals surface area contributed by atoms with E-state index in [2.05, 4.69) is 15.0 Å². The summed E-state index contributed by atoms with van der Waals surface area (Å²) in [6.45, 7) is 4.11. The number of hydrogen-bond donors (Lipinski definition) is 1. The number of nitrogens with zero attached hydrogens (tertiary/aromatic N) is 1. The zero-order valence-corrected chi connectivity index (χ0v) is 11.0. The highest BCUT2D eigenvalue weighted by Gasteiger charge is 2.43. The maximum Gasteiger partial charge on any atom is 0.573 e. The lowest BCUT2D eigenvalue weighted by Gasteiger charge is -2.53. The van der Waals surface area contributed by atoms with Gasteiger partial charge in [0, 0.05) is 24.2 Å². The van der Waals surface area contributed by atoms with E-state index in [0.29, 0.717) is 5.41 Å². The minimum absolute atomic E-state index is 0.168. The highest BCUT2D eigenvalue weighted by atomic mass is 19.4. The fourth-order valence-electron chi connectivity index (χ4n) is 3.08. The van der Waals surface area contributed by atoms with Crippen LogP contribution in [-0.4, -0.2) is 32.5 Å². The van der Waals surface area contributed by atoms with E-state index in [1.807, 2.05) is 0 Å². The molecule has 3 rings (SSSR count). The SMILES string of the molecule is FC(F)(F)Oc1ccc(N2CC3(CCNCC3)C2)cc1. The van der Waals surface area contributed by atoms with Crippen LogP contribution >= 0.6 is 0 Å². The van der Waals surface area contributed by atoms with Gasteiger partial charge in [-0.15, -0.1) is 13.2 Å². The van der Waals surface area contributed by atoms with Gasteiger partial charge in [0.1, 0.15) is 5.75 Å². The van der Waals surface area contributed by atoms with Gasteiger partial charge in [-0.25, -0.2) is 0 Å². The average molecular weight is 286 g/mol. The van der Waals surface area contributed by atoms with E-state index in [1.54, 1.807) is 12.1 Å². The van der Waals surface area contributed by atoms with Crippen LogP contribution in [0.2, 0.25) is 0 Å². The Morgan fingerprint density at radius 3 is 2.20 bits per heavy atom. The number of anilines is 1. The lowest BCUT2D eigenvalue weighted by molar-refractivity contribution is -0.274. The third-order valence-electron chi connectivity index (χ3n) is 4.15. The number of rotatable bonds is 2. The smallest absolute Gasteiger partial charge is 0.406 e. The summed E-state index contributed by atoms with van der Waals surface area (Å²) in [5.74, 6) is -0.168. The molecule has 0 amide bonds. The minimum atomic E-state index is -4.63. The molecule has 2 aliphatic heterocycles. The Kier molecular flexibility index (Phi) is 3.28. The Morgan fingerprint density at radius 2 is 1.65 bits per heavy atom. The van der Waals surface area contributed by atoms with Crippen LogP contribution in [0.15, 0.2) is 24.3 Å². The van der Waals surface area contributed by atoms with Crippen molar-refractivity contribution in [2.45, 2.75) is 19.2 Å². The number of nitrogens with one attached hydrogen (secondary N) is 1. The Labute approximate surface area is 115 Å². The van der Waals surface area contributed by atoms with Gasteiger partial charge in [0.15, 0.2) is 0 Å². The molecule has 0 unspecified atom stereocenters. The first kappa shape index (κ1) is 13.5. The van der Waals surface area contributed by atoms with Crippen LogP contribution in [0, 0.1) is 5.41 Å². The van der Waals surface area contributed by atoms with Crippen molar-refractivity contribution in [3.8, 4) is 5.75 Å². The Bertz CT molecular complexity index is 458. The lowest BCUT2D eigenvalue weighted by Crippen LogP contribution is -2.60. The molecule has 2 saturated heterocycles. The summed E-state index contributed by atoms with van der Waals surface area (Å²) in [7, 11) is 0. The van der Waals surface area contributed by atoms with E-state index in [-0.39, 0.29) is 5.75 Å². The predicted octanol–water partition coefficient (Wildman–Crippen LogP) is 2.78. The van der Waals surface area contributed by atoms with E-state index in [9.17, 15) is 13.2 Å². The molecule has 110 valence electrons. The van der Waals surface area contributed by atoms with E-state index < -0.39 is 6.36 Å². The molecule has 1 aromatic carbocycles. The topological polar surface area (TPSA) is 24.5 Å². The fourth-order valence-corrected chi connectivity index (χ4v) is 3.08. The number of halogens is 3. The summed E-state index contributed by atoms with van der Waals surface area (Å²) < 4.78 is 40.1. The summed E-state index contributed by atoms with van der Waals surface area (Å²) in [5.41, 5.74) is 1.37. The molecule has 2 aliphatic rings. The molecule has 1 spiro atoms. The van der Waals surface area contributed by atoms with Gasteiger partial charge in [0.05, 0.1) is 0 Å². The molecule has 0 aliphatic carbocycles. The maximum absolute atomic E-state index is 12.1. The predicted molar refractivity (Wildman–Crippen MR) is 69.9 cm³/mol. The number of hydrogen-bond acceptors (Lipinski definition) is 3. The van der Waals surface area contributed by atoms with Crippen molar-refractivity contribution < 1.29 is 17.9 Å². The normalized spacial score (nSPS) is 21.6. The second-order valence-corrected chi connectivity index (χ2v) is 5.65. The van der Waals surface area contributed by atoms with Gasteiger partial charge >= 0.3 is 6.36 Å². The van der Waals surface area contributed by atoms with Gasteiger partial charge in [-0.1, -0.05) is 0 Å². The van der Waals surface area contributed by atoms with Crippen LogP contribution in [0.4, 0.5) is 18.9 Å². The zero-order chi connectivity index (χ0) is 14.2. The molecule has 0 aromatic heterocycles. The molecule has 0 radical (unpaired) electrons. The first-order chi connectivity index (χ1) is 9.46. The maximum atomic E-state index is 12.1. The van der Waals surface area contributed by atoms with Crippen molar-refractivity contribution >= 4 is 5.69 Å². The molecule has 2 fully saturated rings. The van der Waals surface area contributed by atoms with Crippen LogP contribution in [0.5, 0.6) is 5.75 Å². The fraction of sp³-hybridized carbons (Fsp3) is 0.571. The summed E-state index contributed by atoms with van der Waals surface area (Å²) in [5, 5.41) is 3.35. The molecule has 3 nitrogen and oxygen atoms in total. The molecule has 0 bridgehead atoms. The Hall–Kier alpha value is -1.43. The zero-order valence-electron chi connectivity index (χ0n) is 11.0. The van der Waals surface area contributed by atoms with Crippen LogP contribution in [-0.2, 0) is 0 Å². The number of alkyl halides is 3. The second-order valence-electron chi connectivity index (χ2n) is 5.65. The molecule has 0 saturated carbocycles. The standard InChI is InChI=1S/C14H17F3N2O/c15-14(16,17)20-12-3-1-11(2-4-12)19-9-13(10-19)5-7-18-8-6-13/h1-4,18H,5-10H2. The molecular weight excluding hydrogens is 269 g/mol. The monoisotopic (exact) mass is 286 g/mol. The van der Waals surface area contributed by atoms with E-state index in [0.717, 1.165) is 31.9 Å². The van der Waals surface area contributed by atoms with E-state index >= 15 is 0 Å². The molecule has 6 heteroatoms. The Balaban J connectivity index is 1.59. The lowest BCUT2D eigenvalue weighted by atomic mass is 9.72. The average Bonchev–Trinajstić information content (AvgIpc) is 2.36. The second kappa shape index (κ2) is 4.84. The highest BCUT2D eigenvalue weighted by molar-refractivity contribution is 5.52. The third kappa shape index (κ3) is 2.85. The summed E-state index contributed by atoms with van der Waals surface area (Å²) in [6, 6.07) is 6.12. The molecule has 2 heterocycles. The molecule has 1 N–H and O–H groups in total. The van der Waals surface area contributed by atoms with Gasteiger partial charge in [0.25, 0.3) is 0 Å². The van der Waals surface area contributed by atoms with Gasteiger partial charge in [0.2, 0.25) is 0 Å². The molecule has 0 atom stereocenters. The van der Waals surface area contributed by atoms with Crippen LogP contribution < -0.4 is 15.0 Å². The van der Waals surface area contributed by atoms with E-state index in [1.165, 1.54) is 25.0 Å². The van der Waals surface area contributed by atoms with Gasteiger partial charge in [-0.2, -0.15) is 0 Å². The molecule has 1 aromatic rings. The van der Waals surface area contributed by atoms with Gasteiger partial charge in [-0.3, -0.25) is 0 Å². The van der Waals surface area contributed by atoms with Crippen molar-refractivity contribution in [3.05, 3.63) is 24.3 Å². The number of ether oxygens (including phenoxy) is 1. The number of benzene rings is 1. The van der Waals surface area contributed by atoms with Crippen LogP contribution in [0.1, 0.15) is 12.8 Å². The van der Waals surface area contributed by atoms with Crippen molar-refractivity contribution in [1.82, 2.24) is 5.32 Å². The number of piperidine rings is 1. The first-order valence-corrected chi connectivity index (χ1v) is 6.77. The summed E-state index contributed by atoms with van der Waals surface area (Å²) in [4.78, 5) is 2.21. The largest absolute Gasteiger partial charge is 0.573 e. The van der Waals surface area contributed by atoms with Crippen LogP contribution in [0.3, 0.4) is 0 Å². The molecular formula is C14H17F3N2O. The quantitative estimate of drug-likeness (QED) is 0.904. The van der Waals surface area contributed by atoms with Crippen molar-refractivity contribution in [2.75, 3.05) is 31.1 Å². The minimum Gasteiger partial charge on any atom is -0.406 e. The highest BCUT2D eigenvalue weighted by Crippen LogP contribution is 2.41. The Morgan fingerprint density at radius 1 is 1.05 bits per heavy atom. The van der Waals surface area contributed by atoms with Crippen molar-refractivity contribution in [1.29, 1.82) is 0 Å². The van der Waals surface area contributed by atoms with Crippen LogP contribution in [0.25, 0.3) is 0 Å². The van der Waals surface area contributed by atoms with Gasteiger partial charge in [-0.05, 0) is 50.2 Å². The third-order valence-corrected chi connectivity index (χ3v) is 4.15. The summed E-state index contributed by atoms with van der Waals surface area (Å²) >= 11 is 0.